The summed E-state index contributed by atoms with van der Waals surface area (Å²) in [6, 6.07) is 0. The van der Waals surface area contributed by atoms with Crippen molar-refractivity contribution in [2.45, 2.75) is 6.10 Å². The van der Waals surface area contributed by atoms with Gasteiger partial charge in [-0.2, -0.15) is 0 Å². The van der Waals surface area contributed by atoms with E-state index >= 15 is 0 Å². The van der Waals surface area contributed by atoms with Gasteiger partial charge in [0.2, 0.25) is 0 Å². The van der Waals surface area contributed by atoms with Gasteiger partial charge < -0.3 is 9.47 Å². The lowest BCUT2D eigenvalue weighted by Crippen LogP contribution is -2.25. The van der Waals surface area contributed by atoms with Crippen molar-refractivity contribution in [3.8, 4) is 0 Å². The second kappa shape index (κ2) is 5.33. The number of methoxy groups -OCH3 is 2. The zero-order valence-corrected chi connectivity index (χ0v) is 6.76. The molecule has 0 fully saturated rings. The van der Waals surface area contributed by atoms with Crippen molar-refractivity contribution < 1.29 is 18.8 Å². The van der Waals surface area contributed by atoms with E-state index < -0.39 is 12.1 Å². The van der Waals surface area contributed by atoms with Gasteiger partial charge in [-0.1, -0.05) is 0 Å². The van der Waals surface area contributed by atoms with Crippen LogP contribution in [0.4, 0.5) is 0 Å². The van der Waals surface area contributed by atoms with E-state index in [1.807, 2.05) is 0 Å². The molecule has 0 N–H and O–H groups in total. The maximum atomic E-state index is 10.6. The van der Waals surface area contributed by atoms with Crippen LogP contribution >= 0.6 is 8.46 Å². The minimum atomic E-state index is -0.704. The molecule has 0 amide bonds. The summed E-state index contributed by atoms with van der Waals surface area (Å²) in [5.41, 5.74) is 0. The molecule has 0 bridgehead atoms. The average Bonchev–Trinajstić information content (AvgIpc) is 1.99. The molecule has 0 aromatic carbocycles. The van der Waals surface area contributed by atoms with E-state index in [9.17, 15) is 9.36 Å². The molecular weight excluding hydrogens is 155 g/mol. The summed E-state index contributed by atoms with van der Waals surface area (Å²) in [7, 11) is 2.51. The van der Waals surface area contributed by atoms with E-state index in [4.69, 9.17) is 0 Å². The van der Waals surface area contributed by atoms with E-state index in [-0.39, 0.29) is 14.6 Å². The molecule has 0 saturated heterocycles. The van der Waals surface area contributed by atoms with Crippen LogP contribution in [0.2, 0.25) is 0 Å². The Hall–Kier alpha value is -0.470. The van der Waals surface area contributed by atoms with Gasteiger partial charge in [0.05, 0.1) is 13.3 Å². The normalized spacial score (nSPS) is 13.0. The van der Waals surface area contributed by atoms with Crippen LogP contribution in [-0.2, 0) is 18.8 Å². The van der Waals surface area contributed by atoms with Gasteiger partial charge in [0.1, 0.15) is 0 Å². The lowest BCUT2D eigenvalue weighted by Gasteiger charge is -2.07. The Labute approximate surface area is 60.7 Å². The molecule has 0 rings (SSSR count). The summed E-state index contributed by atoms with van der Waals surface area (Å²) in [6.07, 6.45) is -0.562. The van der Waals surface area contributed by atoms with Crippen molar-refractivity contribution >= 4 is 14.4 Å². The van der Waals surface area contributed by atoms with Crippen molar-refractivity contribution in [2.24, 2.45) is 0 Å². The zero-order chi connectivity index (χ0) is 7.98. The largest absolute Gasteiger partial charge is 0.467 e. The maximum Gasteiger partial charge on any atom is 0.335 e. The maximum absolute atomic E-state index is 10.6. The first kappa shape index (κ1) is 9.53. The summed E-state index contributed by atoms with van der Waals surface area (Å²) in [6.45, 7) is 0. The molecule has 0 heterocycles. The number of carbonyl (C=O) groups is 1. The fourth-order valence-corrected chi connectivity index (χ4v) is 0.878. The molecule has 0 aromatic rings. The highest BCUT2D eigenvalue weighted by Crippen LogP contribution is 2.01. The van der Waals surface area contributed by atoms with Crippen LogP contribution in [0.1, 0.15) is 0 Å². The lowest BCUT2D eigenvalue weighted by atomic mass is 10.4. The number of ether oxygens (including phenoxy) is 2. The fourth-order valence-electron chi connectivity index (χ4n) is 0.444. The third-order valence-electron chi connectivity index (χ3n) is 0.989. The standard InChI is InChI=1S/C5H9O4P/c1-8-4(3-10-7)5(6)9-2/h4H,3H2,1-2H3. The minimum absolute atomic E-state index is 0.116. The predicted octanol–water partition coefficient (Wildman–Crippen LogP) is 0.466. The quantitative estimate of drug-likeness (QED) is 0.447. The number of hydrogen-bond donors (Lipinski definition) is 0. The smallest absolute Gasteiger partial charge is 0.335 e. The van der Waals surface area contributed by atoms with Crippen LogP contribution in [0, 0.1) is 0 Å². The van der Waals surface area contributed by atoms with Gasteiger partial charge in [0, 0.05) is 7.11 Å². The van der Waals surface area contributed by atoms with Gasteiger partial charge in [-0.25, -0.2) is 4.79 Å². The van der Waals surface area contributed by atoms with E-state index in [1.54, 1.807) is 0 Å². The summed E-state index contributed by atoms with van der Waals surface area (Å²) >= 11 is 0. The summed E-state index contributed by atoms with van der Waals surface area (Å²) in [4.78, 5) is 10.6. The van der Waals surface area contributed by atoms with E-state index in [0.717, 1.165) is 0 Å². The molecule has 1 atom stereocenters. The molecule has 0 aliphatic rings. The Morgan fingerprint density at radius 1 is 1.60 bits per heavy atom. The summed E-state index contributed by atoms with van der Waals surface area (Å²) < 4.78 is 19.0. The monoisotopic (exact) mass is 164 g/mol. The summed E-state index contributed by atoms with van der Waals surface area (Å²) in [5, 5.41) is 0. The molecular formula is C5H9O4P. The number of esters is 1. The Bertz CT molecular complexity index is 125. The second-order valence-corrected chi connectivity index (χ2v) is 2.18. The molecule has 10 heavy (non-hydrogen) atoms. The average molecular weight is 164 g/mol. The number of rotatable bonds is 4. The Morgan fingerprint density at radius 2 is 2.20 bits per heavy atom. The molecule has 5 heteroatoms. The van der Waals surface area contributed by atoms with Crippen LogP contribution in [0.15, 0.2) is 0 Å². The van der Waals surface area contributed by atoms with E-state index in [0.29, 0.717) is 0 Å². The van der Waals surface area contributed by atoms with Gasteiger partial charge in [-0.15, -0.1) is 0 Å². The first-order chi connectivity index (χ1) is 4.76. The van der Waals surface area contributed by atoms with Crippen LogP contribution in [0.3, 0.4) is 0 Å². The van der Waals surface area contributed by atoms with Crippen molar-refractivity contribution in [1.29, 1.82) is 0 Å². The molecule has 0 saturated carbocycles. The van der Waals surface area contributed by atoms with Crippen molar-refractivity contribution in [1.82, 2.24) is 0 Å². The van der Waals surface area contributed by atoms with Crippen molar-refractivity contribution in [2.75, 3.05) is 20.4 Å². The molecule has 0 aliphatic heterocycles. The predicted molar refractivity (Wildman–Crippen MR) is 35.3 cm³/mol. The Kier molecular flexibility index (Phi) is 5.08. The van der Waals surface area contributed by atoms with E-state index in [2.05, 4.69) is 9.47 Å². The lowest BCUT2D eigenvalue weighted by molar-refractivity contribution is -0.150. The first-order valence-corrected chi connectivity index (χ1v) is 3.65. The molecule has 0 spiro atoms. The highest BCUT2D eigenvalue weighted by molar-refractivity contribution is 7.23. The highest BCUT2D eigenvalue weighted by atomic mass is 31.1. The van der Waals surface area contributed by atoms with Crippen LogP contribution in [0.25, 0.3) is 0 Å². The second-order valence-electron chi connectivity index (χ2n) is 1.56. The highest BCUT2D eigenvalue weighted by Gasteiger charge is 2.17. The van der Waals surface area contributed by atoms with Crippen LogP contribution in [0.5, 0.6) is 0 Å². The minimum Gasteiger partial charge on any atom is -0.467 e. The van der Waals surface area contributed by atoms with Crippen LogP contribution in [-0.4, -0.2) is 32.5 Å². The van der Waals surface area contributed by atoms with Gasteiger partial charge in [0.25, 0.3) is 0 Å². The van der Waals surface area contributed by atoms with Crippen molar-refractivity contribution in [3.05, 3.63) is 0 Å². The molecule has 0 aromatic heterocycles. The third-order valence-corrected chi connectivity index (χ3v) is 1.47. The molecule has 1 unspecified atom stereocenters. The molecule has 0 aliphatic carbocycles. The van der Waals surface area contributed by atoms with E-state index in [1.165, 1.54) is 14.2 Å². The molecule has 58 valence electrons. The Balaban J connectivity index is 3.79. The number of hydrogen-bond acceptors (Lipinski definition) is 4. The fraction of sp³-hybridized carbons (Fsp3) is 0.800. The molecule has 0 radical (unpaired) electrons. The zero-order valence-electron chi connectivity index (χ0n) is 5.86. The van der Waals surface area contributed by atoms with Crippen molar-refractivity contribution in [3.63, 3.8) is 0 Å². The Morgan fingerprint density at radius 3 is 2.50 bits per heavy atom. The summed E-state index contributed by atoms with van der Waals surface area (Å²) in [5.74, 6) is -0.495. The van der Waals surface area contributed by atoms with Gasteiger partial charge in [0.15, 0.2) is 14.6 Å². The number of carbonyl (C=O) groups excluding carboxylic acids is 1. The third kappa shape index (κ3) is 2.90. The SMILES string of the molecule is COC(=O)C(CP=O)OC. The first-order valence-electron chi connectivity index (χ1n) is 2.66. The molecule has 4 nitrogen and oxygen atoms in total. The van der Waals surface area contributed by atoms with Gasteiger partial charge in [-0.3, -0.25) is 4.57 Å². The van der Waals surface area contributed by atoms with Crippen LogP contribution < -0.4 is 0 Å². The topological polar surface area (TPSA) is 52.6 Å². The van der Waals surface area contributed by atoms with Gasteiger partial charge >= 0.3 is 5.97 Å². The van der Waals surface area contributed by atoms with Gasteiger partial charge in [-0.05, 0) is 0 Å².